The fourth-order valence-corrected chi connectivity index (χ4v) is 3.20. The van der Waals surface area contributed by atoms with Gasteiger partial charge in [0.1, 0.15) is 6.54 Å². The molecule has 1 fully saturated rings. The second kappa shape index (κ2) is 6.48. The Morgan fingerprint density at radius 1 is 1.00 bits per heavy atom. The number of rotatable bonds is 4. The number of carbonyl (C=O) groups excluding carboxylic acids is 2. The number of aromatic nitrogens is 2. The Balaban J connectivity index is 1.58. The lowest BCUT2D eigenvalue weighted by Crippen LogP contribution is -2.34. The van der Waals surface area contributed by atoms with Crippen LogP contribution in [0.3, 0.4) is 0 Å². The lowest BCUT2D eigenvalue weighted by Gasteiger charge is -2.24. The van der Waals surface area contributed by atoms with E-state index in [-0.39, 0.29) is 24.5 Å². The Morgan fingerprint density at radius 2 is 1.73 bits per heavy atom. The van der Waals surface area contributed by atoms with Gasteiger partial charge in [-0.1, -0.05) is 42.5 Å². The van der Waals surface area contributed by atoms with Gasteiger partial charge in [-0.05, 0) is 30.2 Å². The third kappa shape index (κ3) is 2.75. The van der Waals surface area contributed by atoms with Crippen LogP contribution in [-0.2, 0) is 4.79 Å². The third-order valence-electron chi connectivity index (χ3n) is 4.70. The van der Waals surface area contributed by atoms with E-state index in [4.69, 9.17) is 0 Å². The molecule has 1 atom stereocenters. The highest BCUT2D eigenvalue weighted by atomic mass is 16.2. The summed E-state index contributed by atoms with van der Waals surface area (Å²) in [5.74, 6) is -0.214. The van der Waals surface area contributed by atoms with E-state index in [9.17, 15) is 9.59 Å². The topological polar surface area (TPSA) is 69.3 Å². The molecule has 1 unspecified atom stereocenters. The van der Waals surface area contributed by atoms with E-state index in [0.717, 1.165) is 16.7 Å². The van der Waals surface area contributed by atoms with Crippen molar-refractivity contribution in [2.24, 2.45) is 0 Å². The van der Waals surface area contributed by atoms with Crippen molar-refractivity contribution in [3.63, 3.8) is 0 Å². The number of anilines is 1. The Hall–Kier alpha value is -3.41. The Bertz CT molecular complexity index is 920. The van der Waals surface area contributed by atoms with Crippen LogP contribution in [0, 0.1) is 0 Å². The van der Waals surface area contributed by atoms with E-state index in [0.29, 0.717) is 5.69 Å². The summed E-state index contributed by atoms with van der Waals surface area (Å²) < 4.78 is 0. The van der Waals surface area contributed by atoms with Crippen LogP contribution in [0.2, 0.25) is 0 Å². The first-order valence-electron chi connectivity index (χ1n) is 8.43. The van der Waals surface area contributed by atoms with Crippen LogP contribution in [0.1, 0.15) is 18.5 Å². The number of nitrogens with one attached hydrogen (secondary N) is 1. The van der Waals surface area contributed by atoms with Crippen LogP contribution in [0.4, 0.5) is 10.5 Å². The molecule has 2 aromatic carbocycles. The molecular weight excluding hydrogens is 328 g/mol. The van der Waals surface area contributed by atoms with Gasteiger partial charge >= 0.3 is 6.03 Å². The maximum Gasteiger partial charge on any atom is 0.332 e. The maximum absolute atomic E-state index is 12.9. The molecule has 6 nitrogen and oxygen atoms in total. The predicted molar refractivity (Wildman–Crippen MR) is 98.5 cm³/mol. The van der Waals surface area contributed by atoms with Crippen molar-refractivity contribution in [3.05, 3.63) is 72.6 Å². The zero-order chi connectivity index (χ0) is 18.1. The number of carbonyl (C=O) groups is 2. The minimum atomic E-state index is -0.289. The zero-order valence-electron chi connectivity index (χ0n) is 14.3. The Morgan fingerprint density at radius 3 is 2.38 bits per heavy atom. The summed E-state index contributed by atoms with van der Waals surface area (Å²) in [4.78, 5) is 28.2. The summed E-state index contributed by atoms with van der Waals surface area (Å²) in [6.45, 7) is 2.02. The minimum Gasteiger partial charge on any atom is -0.308 e. The molecule has 2 heterocycles. The molecule has 0 radical (unpaired) electrons. The number of imide groups is 1. The third-order valence-corrected chi connectivity index (χ3v) is 4.70. The molecule has 0 spiro atoms. The molecule has 0 aliphatic carbocycles. The average molecular weight is 346 g/mol. The zero-order valence-corrected chi connectivity index (χ0v) is 14.3. The van der Waals surface area contributed by atoms with E-state index < -0.39 is 0 Å². The Labute approximate surface area is 151 Å². The van der Waals surface area contributed by atoms with Gasteiger partial charge in [0, 0.05) is 11.8 Å². The standard InChI is InChI=1S/C20H18N4O2/c1-14(15-5-3-2-4-6-15)23-13-19(25)24(20(23)26)18-9-7-16(8-10-18)17-11-21-22-12-17/h2-12,14H,13H2,1H3,(H,21,22). The smallest absolute Gasteiger partial charge is 0.308 e. The normalized spacial score (nSPS) is 15.6. The monoisotopic (exact) mass is 346 g/mol. The molecule has 3 aromatic rings. The molecule has 0 saturated carbocycles. The van der Waals surface area contributed by atoms with Crippen molar-refractivity contribution in [1.29, 1.82) is 0 Å². The van der Waals surface area contributed by atoms with Gasteiger partial charge < -0.3 is 4.90 Å². The SMILES string of the molecule is CC(c1ccccc1)N1CC(=O)N(c2ccc(-c3cn[nH]c3)cc2)C1=O. The highest BCUT2D eigenvalue weighted by Gasteiger charge is 2.39. The predicted octanol–water partition coefficient (Wildman–Crippen LogP) is 3.61. The molecule has 6 heteroatoms. The number of H-pyrrole nitrogens is 1. The average Bonchev–Trinajstić information content (AvgIpc) is 3.30. The number of aromatic amines is 1. The first-order valence-corrected chi connectivity index (χ1v) is 8.43. The number of urea groups is 1. The quantitative estimate of drug-likeness (QED) is 0.734. The van der Waals surface area contributed by atoms with Gasteiger partial charge in [-0.15, -0.1) is 0 Å². The minimum absolute atomic E-state index is 0.0817. The molecule has 1 aromatic heterocycles. The van der Waals surface area contributed by atoms with Gasteiger partial charge in [-0.3, -0.25) is 9.89 Å². The van der Waals surface area contributed by atoms with Gasteiger partial charge in [0.15, 0.2) is 0 Å². The molecule has 0 bridgehead atoms. The first kappa shape index (κ1) is 16.1. The number of hydrogen-bond acceptors (Lipinski definition) is 3. The van der Waals surface area contributed by atoms with Gasteiger partial charge in [0.2, 0.25) is 0 Å². The van der Waals surface area contributed by atoms with Crippen LogP contribution < -0.4 is 4.90 Å². The first-order chi connectivity index (χ1) is 12.6. The van der Waals surface area contributed by atoms with Crippen molar-refractivity contribution < 1.29 is 9.59 Å². The molecule has 130 valence electrons. The maximum atomic E-state index is 12.9. The number of benzene rings is 2. The van der Waals surface area contributed by atoms with Crippen LogP contribution in [0.5, 0.6) is 0 Å². The van der Waals surface area contributed by atoms with Crippen molar-refractivity contribution in [3.8, 4) is 11.1 Å². The van der Waals surface area contributed by atoms with Gasteiger partial charge in [0.05, 0.1) is 17.9 Å². The summed E-state index contributed by atoms with van der Waals surface area (Å²) in [5, 5.41) is 6.70. The molecule has 1 saturated heterocycles. The van der Waals surface area contributed by atoms with Crippen LogP contribution >= 0.6 is 0 Å². The molecule has 4 rings (SSSR count). The number of hydrogen-bond donors (Lipinski definition) is 1. The molecular formula is C20H18N4O2. The summed E-state index contributed by atoms with van der Waals surface area (Å²) in [5.41, 5.74) is 3.51. The molecule has 26 heavy (non-hydrogen) atoms. The lowest BCUT2D eigenvalue weighted by atomic mass is 10.1. The fraction of sp³-hybridized carbons (Fsp3) is 0.150. The van der Waals surface area contributed by atoms with Gasteiger partial charge in [-0.25, -0.2) is 9.69 Å². The van der Waals surface area contributed by atoms with E-state index in [2.05, 4.69) is 10.2 Å². The van der Waals surface area contributed by atoms with Crippen LogP contribution in [0.15, 0.2) is 67.0 Å². The largest absolute Gasteiger partial charge is 0.332 e. The summed E-state index contributed by atoms with van der Waals surface area (Å²) in [6.07, 6.45) is 3.52. The Kier molecular flexibility index (Phi) is 4.01. The van der Waals surface area contributed by atoms with Crippen molar-refractivity contribution in [1.82, 2.24) is 15.1 Å². The summed E-state index contributed by atoms with van der Waals surface area (Å²) >= 11 is 0. The van der Waals surface area contributed by atoms with Gasteiger partial charge in [-0.2, -0.15) is 5.10 Å². The summed E-state index contributed by atoms with van der Waals surface area (Å²) in [6, 6.07) is 16.6. The van der Waals surface area contributed by atoms with E-state index in [1.165, 1.54) is 4.90 Å². The van der Waals surface area contributed by atoms with Crippen LogP contribution in [-0.4, -0.2) is 33.6 Å². The van der Waals surface area contributed by atoms with Gasteiger partial charge in [0.25, 0.3) is 5.91 Å². The van der Waals surface area contributed by atoms with E-state index >= 15 is 0 Å². The van der Waals surface area contributed by atoms with Crippen molar-refractivity contribution >= 4 is 17.6 Å². The highest BCUT2D eigenvalue weighted by Crippen LogP contribution is 2.30. The number of amides is 3. The van der Waals surface area contributed by atoms with Crippen molar-refractivity contribution in [2.75, 3.05) is 11.4 Å². The lowest BCUT2D eigenvalue weighted by molar-refractivity contribution is -0.116. The second-order valence-corrected chi connectivity index (χ2v) is 6.26. The van der Waals surface area contributed by atoms with Crippen molar-refractivity contribution in [2.45, 2.75) is 13.0 Å². The molecule has 1 aliphatic heterocycles. The second-order valence-electron chi connectivity index (χ2n) is 6.26. The molecule has 3 amide bonds. The van der Waals surface area contributed by atoms with E-state index in [1.807, 2.05) is 49.4 Å². The molecule has 1 aliphatic rings. The molecule has 1 N–H and O–H groups in total. The summed E-state index contributed by atoms with van der Waals surface area (Å²) in [7, 11) is 0. The van der Waals surface area contributed by atoms with E-state index in [1.54, 1.807) is 29.4 Å². The number of nitrogens with zero attached hydrogens (tertiary/aromatic N) is 3. The van der Waals surface area contributed by atoms with Crippen LogP contribution in [0.25, 0.3) is 11.1 Å². The fourth-order valence-electron chi connectivity index (χ4n) is 3.20. The highest BCUT2D eigenvalue weighted by molar-refractivity contribution is 6.19.